The van der Waals surface area contributed by atoms with E-state index in [-0.39, 0.29) is 6.79 Å². The van der Waals surface area contributed by atoms with Gasteiger partial charge >= 0.3 is 0 Å². The molecule has 1 rings (SSSR count). The summed E-state index contributed by atoms with van der Waals surface area (Å²) in [5.74, 6) is 0.729. The summed E-state index contributed by atoms with van der Waals surface area (Å²) in [6, 6.07) is 0. The van der Waals surface area contributed by atoms with Gasteiger partial charge in [0.15, 0.2) is 6.79 Å². The molecule has 0 saturated carbocycles. The molecular weight excluding hydrogens is 154 g/mol. The average Bonchev–Trinajstić information content (AvgIpc) is 2.09. The minimum Gasteiger partial charge on any atom is -0.467 e. The van der Waals surface area contributed by atoms with E-state index < -0.39 is 0 Å². The van der Waals surface area contributed by atoms with E-state index in [1.54, 1.807) is 12.3 Å². The predicted octanol–water partition coefficient (Wildman–Crippen LogP) is 1.65. The summed E-state index contributed by atoms with van der Waals surface area (Å²) in [5, 5.41) is 0. The van der Waals surface area contributed by atoms with E-state index in [4.69, 9.17) is 9.47 Å². The standard InChI is InChI=1S/C9H11NO2/c1-3-10-5-4-9-8(2)6-11-7-12-9/h3-5H,1-2,6-7H2/b9-4+,10-5?. The summed E-state index contributed by atoms with van der Waals surface area (Å²) >= 11 is 0. The molecule has 0 bridgehead atoms. The Morgan fingerprint density at radius 3 is 3.00 bits per heavy atom. The molecule has 3 heteroatoms. The van der Waals surface area contributed by atoms with Gasteiger partial charge in [-0.2, -0.15) is 0 Å². The highest BCUT2D eigenvalue weighted by Crippen LogP contribution is 2.14. The zero-order valence-corrected chi connectivity index (χ0v) is 6.82. The molecule has 1 aliphatic rings. The first-order valence-corrected chi connectivity index (χ1v) is 3.57. The largest absolute Gasteiger partial charge is 0.467 e. The second-order valence-electron chi connectivity index (χ2n) is 2.23. The Bertz CT molecular complexity index is 241. The normalized spacial score (nSPS) is 21.3. The number of ether oxygens (including phenoxy) is 2. The third-order valence-corrected chi connectivity index (χ3v) is 1.34. The fourth-order valence-corrected chi connectivity index (χ4v) is 0.781. The Morgan fingerprint density at radius 1 is 1.50 bits per heavy atom. The van der Waals surface area contributed by atoms with Crippen molar-refractivity contribution in [2.45, 2.75) is 0 Å². The zero-order valence-electron chi connectivity index (χ0n) is 6.82. The molecule has 0 radical (unpaired) electrons. The summed E-state index contributed by atoms with van der Waals surface area (Å²) in [5.41, 5.74) is 0.830. The Morgan fingerprint density at radius 2 is 2.33 bits per heavy atom. The van der Waals surface area contributed by atoms with E-state index in [9.17, 15) is 0 Å². The lowest BCUT2D eigenvalue weighted by atomic mass is 10.2. The molecule has 0 atom stereocenters. The summed E-state index contributed by atoms with van der Waals surface area (Å²) in [4.78, 5) is 3.80. The quantitative estimate of drug-likeness (QED) is 0.582. The first-order chi connectivity index (χ1) is 5.84. The smallest absolute Gasteiger partial charge is 0.189 e. The third-order valence-electron chi connectivity index (χ3n) is 1.34. The van der Waals surface area contributed by atoms with Crippen LogP contribution in [-0.2, 0) is 9.47 Å². The second-order valence-corrected chi connectivity index (χ2v) is 2.23. The topological polar surface area (TPSA) is 30.8 Å². The predicted molar refractivity (Wildman–Crippen MR) is 47.8 cm³/mol. The monoisotopic (exact) mass is 165 g/mol. The van der Waals surface area contributed by atoms with Crippen LogP contribution in [0, 0.1) is 0 Å². The maximum Gasteiger partial charge on any atom is 0.189 e. The van der Waals surface area contributed by atoms with Gasteiger partial charge in [-0.3, -0.25) is 4.99 Å². The SMILES string of the molecule is C=CN=C/C=C1/OCOCC1=C. The fraction of sp³-hybridized carbons (Fsp3) is 0.222. The van der Waals surface area contributed by atoms with Crippen LogP contribution in [0.25, 0.3) is 0 Å². The van der Waals surface area contributed by atoms with Crippen LogP contribution in [0.3, 0.4) is 0 Å². The van der Waals surface area contributed by atoms with Gasteiger partial charge in [-0.1, -0.05) is 13.2 Å². The number of aliphatic imine (C=N–C) groups is 1. The molecule has 0 aromatic heterocycles. The molecule has 1 fully saturated rings. The van der Waals surface area contributed by atoms with E-state index >= 15 is 0 Å². The molecule has 0 amide bonds. The first kappa shape index (κ1) is 8.74. The third kappa shape index (κ3) is 2.36. The number of hydrogen-bond donors (Lipinski definition) is 0. The summed E-state index contributed by atoms with van der Waals surface area (Å²) < 4.78 is 10.1. The van der Waals surface area contributed by atoms with E-state index in [0.29, 0.717) is 6.61 Å². The van der Waals surface area contributed by atoms with Gasteiger partial charge in [-0.05, 0) is 6.08 Å². The minimum absolute atomic E-state index is 0.285. The van der Waals surface area contributed by atoms with Crippen LogP contribution < -0.4 is 0 Å². The van der Waals surface area contributed by atoms with Crippen molar-refractivity contribution >= 4 is 6.21 Å². The van der Waals surface area contributed by atoms with E-state index in [1.165, 1.54) is 6.20 Å². The van der Waals surface area contributed by atoms with Crippen molar-refractivity contribution < 1.29 is 9.47 Å². The van der Waals surface area contributed by atoms with Crippen LogP contribution in [0.1, 0.15) is 0 Å². The molecule has 0 aromatic carbocycles. The van der Waals surface area contributed by atoms with Crippen LogP contribution in [0.15, 0.2) is 41.8 Å². The van der Waals surface area contributed by atoms with Gasteiger partial charge in [0.2, 0.25) is 0 Å². The van der Waals surface area contributed by atoms with Gasteiger partial charge in [0, 0.05) is 18.0 Å². The van der Waals surface area contributed by atoms with Crippen LogP contribution >= 0.6 is 0 Å². The lowest BCUT2D eigenvalue weighted by Crippen LogP contribution is -2.13. The van der Waals surface area contributed by atoms with Gasteiger partial charge in [-0.25, -0.2) is 0 Å². The van der Waals surface area contributed by atoms with Crippen LogP contribution in [-0.4, -0.2) is 19.6 Å². The molecule has 12 heavy (non-hydrogen) atoms. The molecule has 1 aliphatic heterocycles. The van der Waals surface area contributed by atoms with Crippen molar-refractivity contribution in [1.29, 1.82) is 0 Å². The molecule has 0 aliphatic carbocycles. The number of rotatable bonds is 2. The Balaban J connectivity index is 2.58. The van der Waals surface area contributed by atoms with Crippen LogP contribution in [0.2, 0.25) is 0 Å². The highest BCUT2D eigenvalue weighted by Gasteiger charge is 2.09. The van der Waals surface area contributed by atoms with Crippen molar-refractivity contribution in [2.24, 2.45) is 4.99 Å². The molecule has 1 saturated heterocycles. The fourth-order valence-electron chi connectivity index (χ4n) is 0.781. The molecular formula is C9H11NO2. The van der Waals surface area contributed by atoms with Gasteiger partial charge < -0.3 is 9.47 Å². The van der Waals surface area contributed by atoms with E-state index in [1.807, 2.05) is 0 Å². The molecule has 0 aromatic rings. The number of allylic oxidation sites excluding steroid dienone is 1. The zero-order chi connectivity index (χ0) is 8.81. The minimum atomic E-state index is 0.285. The molecule has 3 nitrogen and oxygen atoms in total. The molecule has 1 heterocycles. The highest BCUT2D eigenvalue weighted by atomic mass is 16.7. The number of hydrogen-bond acceptors (Lipinski definition) is 3. The Kier molecular flexibility index (Phi) is 3.29. The van der Waals surface area contributed by atoms with Crippen LogP contribution in [0.5, 0.6) is 0 Å². The van der Waals surface area contributed by atoms with Gasteiger partial charge in [0.1, 0.15) is 5.76 Å². The maximum atomic E-state index is 5.15. The van der Waals surface area contributed by atoms with E-state index in [2.05, 4.69) is 18.2 Å². The van der Waals surface area contributed by atoms with Crippen LogP contribution in [0.4, 0.5) is 0 Å². The lowest BCUT2D eigenvalue weighted by Gasteiger charge is -2.17. The van der Waals surface area contributed by atoms with Crippen molar-refractivity contribution in [3.8, 4) is 0 Å². The van der Waals surface area contributed by atoms with Crippen molar-refractivity contribution in [3.63, 3.8) is 0 Å². The molecule has 0 spiro atoms. The summed E-state index contributed by atoms with van der Waals surface area (Å²) in [6.07, 6.45) is 4.81. The van der Waals surface area contributed by atoms with Crippen molar-refractivity contribution in [1.82, 2.24) is 0 Å². The van der Waals surface area contributed by atoms with Crippen molar-refractivity contribution in [3.05, 3.63) is 36.8 Å². The average molecular weight is 165 g/mol. The molecule has 0 unspecified atom stereocenters. The van der Waals surface area contributed by atoms with Gasteiger partial charge in [0.05, 0.1) is 6.61 Å². The molecule has 64 valence electrons. The van der Waals surface area contributed by atoms with E-state index in [0.717, 1.165) is 11.3 Å². The Labute approximate surface area is 71.7 Å². The first-order valence-electron chi connectivity index (χ1n) is 3.57. The summed E-state index contributed by atoms with van der Waals surface area (Å²) in [7, 11) is 0. The highest BCUT2D eigenvalue weighted by molar-refractivity contribution is 5.73. The van der Waals surface area contributed by atoms with Gasteiger partial charge in [0.25, 0.3) is 0 Å². The van der Waals surface area contributed by atoms with Gasteiger partial charge in [-0.15, -0.1) is 0 Å². The maximum absolute atomic E-state index is 5.15. The summed E-state index contributed by atoms with van der Waals surface area (Å²) in [6.45, 7) is 8.02. The molecule has 0 N–H and O–H groups in total. The number of nitrogens with zero attached hydrogens (tertiary/aromatic N) is 1. The second kappa shape index (κ2) is 4.51. The van der Waals surface area contributed by atoms with Crippen molar-refractivity contribution in [2.75, 3.05) is 13.4 Å². The Hall–Kier alpha value is -1.35. The lowest BCUT2D eigenvalue weighted by molar-refractivity contribution is -0.0363.